The molecule has 0 fully saturated rings. The van der Waals surface area contributed by atoms with E-state index in [0.717, 1.165) is 0 Å². The van der Waals surface area contributed by atoms with Gasteiger partial charge in [0.2, 0.25) is 0 Å². The smallest absolute Gasteiger partial charge is 0.256 e. The predicted octanol–water partition coefficient (Wildman–Crippen LogP) is 5.66. The van der Waals surface area contributed by atoms with Crippen LogP contribution in [0.5, 0.6) is 0 Å². The number of nitrogens with zero attached hydrogens (tertiary/aromatic N) is 1. The van der Waals surface area contributed by atoms with E-state index in [1.807, 2.05) is 0 Å². The van der Waals surface area contributed by atoms with Crippen molar-refractivity contribution in [2.24, 2.45) is 0 Å². The summed E-state index contributed by atoms with van der Waals surface area (Å²) >= 11 is 6.18. The summed E-state index contributed by atoms with van der Waals surface area (Å²) < 4.78 is 55.7. The van der Waals surface area contributed by atoms with E-state index in [-0.39, 0.29) is 12.6 Å². The number of fused-ring (bicyclic) bond motifs is 1. The van der Waals surface area contributed by atoms with E-state index in [1.54, 1.807) is 48.5 Å². The van der Waals surface area contributed by atoms with Crippen LogP contribution in [0.15, 0.2) is 54.6 Å². The summed E-state index contributed by atoms with van der Waals surface area (Å²) in [6.07, 6.45) is -1.06. The van der Waals surface area contributed by atoms with Crippen molar-refractivity contribution < 1.29 is 22.4 Å². The molecule has 1 aliphatic heterocycles. The SMILES string of the molecule is O=C1c2ccccc2[C@H](Nc2c(F)c(F)cc(F)c2F)N1Cc1ccccc1Cl. The summed E-state index contributed by atoms with van der Waals surface area (Å²) in [4.78, 5) is 14.2. The quantitative estimate of drug-likeness (QED) is 0.436. The van der Waals surface area contributed by atoms with Crippen molar-refractivity contribution in [1.82, 2.24) is 4.90 Å². The molecule has 0 unspecified atom stereocenters. The van der Waals surface area contributed by atoms with Crippen molar-refractivity contribution >= 4 is 23.2 Å². The van der Waals surface area contributed by atoms with E-state index in [2.05, 4.69) is 5.32 Å². The van der Waals surface area contributed by atoms with Gasteiger partial charge in [0, 0.05) is 28.8 Å². The summed E-state index contributed by atoms with van der Waals surface area (Å²) in [6, 6.07) is 13.4. The number of nitrogens with one attached hydrogen (secondary N) is 1. The van der Waals surface area contributed by atoms with E-state index >= 15 is 0 Å². The predicted molar refractivity (Wildman–Crippen MR) is 100 cm³/mol. The van der Waals surface area contributed by atoms with Gasteiger partial charge >= 0.3 is 0 Å². The first-order valence-electron chi connectivity index (χ1n) is 8.61. The van der Waals surface area contributed by atoms with Gasteiger partial charge in [-0.05, 0) is 17.7 Å². The lowest BCUT2D eigenvalue weighted by Crippen LogP contribution is -2.32. The third-order valence-corrected chi connectivity index (χ3v) is 5.12. The van der Waals surface area contributed by atoms with Crippen LogP contribution in [-0.4, -0.2) is 10.8 Å². The molecule has 0 saturated carbocycles. The number of rotatable bonds is 4. The number of hydrogen-bond acceptors (Lipinski definition) is 2. The Labute approximate surface area is 168 Å². The molecule has 148 valence electrons. The maximum absolute atomic E-state index is 14.2. The Hall–Kier alpha value is -3.06. The maximum Gasteiger partial charge on any atom is 0.256 e. The number of carbonyl (C=O) groups is 1. The van der Waals surface area contributed by atoms with Gasteiger partial charge in [0.15, 0.2) is 23.3 Å². The number of halogens is 5. The van der Waals surface area contributed by atoms with Crippen molar-refractivity contribution in [1.29, 1.82) is 0 Å². The van der Waals surface area contributed by atoms with Crippen LogP contribution in [-0.2, 0) is 6.54 Å². The highest BCUT2D eigenvalue weighted by Gasteiger charge is 2.38. The summed E-state index contributed by atoms with van der Waals surface area (Å²) in [7, 11) is 0. The van der Waals surface area contributed by atoms with Gasteiger partial charge in [-0.25, -0.2) is 17.6 Å². The second-order valence-electron chi connectivity index (χ2n) is 6.50. The molecule has 0 bridgehead atoms. The standard InChI is InChI=1S/C21H13ClF4N2O/c22-14-8-4-1-5-11(14)10-28-20(12-6-2-3-7-13(12)21(28)29)27-19-17(25)15(23)9-16(24)18(19)26/h1-9,20,27H,10H2/t20-/m1/s1. The van der Waals surface area contributed by atoms with Crippen molar-refractivity contribution in [3.8, 4) is 0 Å². The third kappa shape index (κ3) is 3.31. The van der Waals surface area contributed by atoms with Crippen LogP contribution < -0.4 is 5.32 Å². The first-order chi connectivity index (χ1) is 13.9. The fraction of sp³-hybridized carbons (Fsp3) is 0.0952. The highest BCUT2D eigenvalue weighted by Crippen LogP contribution is 2.38. The first kappa shape index (κ1) is 19.3. The summed E-state index contributed by atoms with van der Waals surface area (Å²) in [6.45, 7) is 0.0197. The van der Waals surface area contributed by atoms with Gasteiger partial charge in [-0.2, -0.15) is 0 Å². The molecule has 3 aromatic rings. The lowest BCUT2D eigenvalue weighted by Gasteiger charge is -2.28. The Kier molecular flexibility index (Phi) is 4.92. The molecule has 1 heterocycles. The molecule has 1 aliphatic rings. The van der Waals surface area contributed by atoms with Crippen LogP contribution in [0.2, 0.25) is 5.02 Å². The maximum atomic E-state index is 14.2. The molecular weight excluding hydrogens is 408 g/mol. The van der Waals surface area contributed by atoms with E-state index < -0.39 is 41.0 Å². The van der Waals surface area contributed by atoms with E-state index in [1.165, 1.54) is 4.90 Å². The number of amides is 1. The van der Waals surface area contributed by atoms with Crippen molar-refractivity contribution in [3.63, 3.8) is 0 Å². The Bertz CT molecular complexity index is 1100. The van der Waals surface area contributed by atoms with Crippen LogP contribution in [0.25, 0.3) is 0 Å². The first-order valence-corrected chi connectivity index (χ1v) is 8.99. The molecule has 4 rings (SSSR count). The highest BCUT2D eigenvalue weighted by atomic mass is 35.5. The van der Waals surface area contributed by atoms with Gasteiger partial charge in [-0.1, -0.05) is 48.0 Å². The third-order valence-electron chi connectivity index (χ3n) is 4.75. The van der Waals surface area contributed by atoms with Crippen LogP contribution in [0.3, 0.4) is 0 Å². The van der Waals surface area contributed by atoms with Gasteiger partial charge in [-0.3, -0.25) is 4.79 Å². The molecule has 0 spiro atoms. The molecule has 0 aliphatic carbocycles. The Morgan fingerprint density at radius 1 is 0.931 bits per heavy atom. The fourth-order valence-electron chi connectivity index (χ4n) is 3.34. The number of hydrogen-bond donors (Lipinski definition) is 1. The van der Waals surface area contributed by atoms with Gasteiger partial charge < -0.3 is 10.2 Å². The molecule has 29 heavy (non-hydrogen) atoms. The molecule has 0 aromatic heterocycles. The topological polar surface area (TPSA) is 32.3 Å². The normalized spacial score (nSPS) is 15.6. The van der Waals surface area contributed by atoms with E-state index in [9.17, 15) is 22.4 Å². The minimum absolute atomic E-state index is 0.0197. The van der Waals surface area contributed by atoms with Gasteiger partial charge in [0.25, 0.3) is 5.91 Å². The minimum Gasteiger partial charge on any atom is -0.356 e. The van der Waals surface area contributed by atoms with Crippen molar-refractivity contribution in [3.05, 3.63) is 99.6 Å². The van der Waals surface area contributed by atoms with Gasteiger partial charge in [-0.15, -0.1) is 0 Å². The minimum atomic E-state index is -1.57. The molecule has 3 nitrogen and oxygen atoms in total. The second kappa shape index (κ2) is 7.40. The zero-order chi connectivity index (χ0) is 20.7. The number of anilines is 1. The molecule has 0 radical (unpaired) electrons. The summed E-state index contributed by atoms with van der Waals surface area (Å²) in [5.74, 6) is -6.63. The molecule has 1 atom stereocenters. The monoisotopic (exact) mass is 420 g/mol. The fourth-order valence-corrected chi connectivity index (χ4v) is 3.53. The van der Waals surface area contributed by atoms with Crippen LogP contribution in [0.1, 0.15) is 27.7 Å². The zero-order valence-electron chi connectivity index (χ0n) is 14.7. The van der Waals surface area contributed by atoms with Crippen molar-refractivity contribution in [2.45, 2.75) is 12.7 Å². The van der Waals surface area contributed by atoms with Crippen LogP contribution >= 0.6 is 11.6 Å². The highest BCUT2D eigenvalue weighted by molar-refractivity contribution is 6.31. The lowest BCUT2D eigenvalue weighted by atomic mass is 10.1. The molecule has 1 N–H and O–H groups in total. The Morgan fingerprint density at radius 3 is 2.24 bits per heavy atom. The van der Waals surface area contributed by atoms with Crippen molar-refractivity contribution in [2.75, 3.05) is 5.32 Å². The van der Waals surface area contributed by atoms with Gasteiger partial charge in [0.1, 0.15) is 11.9 Å². The molecular formula is C21H13ClF4N2O. The molecule has 1 amide bonds. The summed E-state index contributed by atoms with van der Waals surface area (Å²) in [5, 5.41) is 2.87. The summed E-state index contributed by atoms with van der Waals surface area (Å²) in [5.41, 5.74) is 0.359. The van der Waals surface area contributed by atoms with E-state index in [0.29, 0.717) is 21.7 Å². The average molecular weight is 421 g/mol. The lowest BCUT2D eigenvalue weighted by molar-refractivity contribution is 0.0728. The van der Waals surface area contributed by atoms with Crippen LogP contribution in [0.4, 0.5) is 23.2 Å². The van der Waals surface area contributed by atoms with Crippen LogP contribution in [0, 0.1) is 23.3 Å². The average Bonchev–Trinajstić information content (AvgIpc) is 2.97. The number of carbonyl (C=O) groups excluding carboxylic acids is 1. The Morgan fingerprint density at radius 2 is 1.55 bits per heavy atom. The molecule has 8 heteroatoms. The van der Waals surface area contributed by atoms with Gasteiger partial charge in [0.05, 0.1) is 0 Å². The largest absolute Gasteiger partial charge is 0.356 e. The Balaban J connectivity index is 1.78. The van der Waals surface area contributed by atoms with E-state index in [4.69, 9.17) is 11.6 Å². The molecule has 0 saturated heterocycles. The second-order valence-corrected chi connectivity index (χ2v) is 6.91. The zero-order valence-corrected chi connectivity index (χ0v) is 15.5. The number of benzene rings is 3. The molecule has 3 aromatic carbocycles.